The summed E-state index contributed by atoms with van der Waals surface area (Å²) < 4.78 is 43.2. The number of hydrogen-bond donors (Lipinski definition) is 1. The van der Waals surface area contributed by atoms with Gasteiger partial charge in [-0.15, -0.1) is 0 Å². The Morgan fingerprint density at radius 2 is 1.89 bits per heavy atom. The highest BCUT2D eigenvalue weighted by atomic mass is 32.2. The van der Waals surface area contributed by atoms with Crippen LogP contribution in [0.3, 0.4) is 0 Å². The van der Waals surface area contributed by atoms with Crippen molar-refractivity contribution in [2.24, 2.45) is 0 Å². The van der Waals surface area contributed by atoms with Gasteiger partial charge in [-0.1, -0.05) is 12.1 Å². The van der Waals surface area contributed by atoms with E-state index in [2.05, 4.69) is 14.7 Å². The second-order valence-corrected chi connectivity index (χ2v) is 8.08. The van der Waals surface area contributed by atoms with Gasteiger partial charge in [0.25, 0.3) is 10.0 Å². The summed E-state index contributed by atoms with van der Waals surface area (Å²) in [7, 11) is -3.85. The molecule has 2 aromatic heterocycles. The molecule has 6 nitrogen and oxygen atoms in total. The van der Waals surface area contributed by atoms with E-state index in [4.69, 9.17) is 0 Å². The number of sulfonamides is 1. The molecule has 0 aliphatic rings. The first-order valence-corrected chi connectivity index (χ1v) is 10.0. The first kappa shape index (κ1) is 18.1. The van der Waals surface area contributed by atoms with Crippen molar-refractivity contribution >= 4 is 21.5 Å². The van der Waals surface area contributed by atoms with Crippen LogP contribution in [0.15, 0.2) is 65.8 Å². The van der Waals surface area contributed by atoms with Crippen LogP contribution in [0.1, 0.15) is 11.3 Å². The van der Waals surface area contributed by atoms with E-state index in [0.29, 0.717) is 17.0 Å². The van der Waals surface area contributed by atoms with Gasteiger partial charge < -0.3 is 0 Å². The van der Waals surface area contributed by atoms with E-state index in [0.717, 1.165) is 23.0 Å². The van der Waals surface area contributed by atoms with Crippen LogP contribution in [0.5, 0.6) is 0 Å². The molecule has 4 rings (SSSR count). The van der Waals surface area contributed by atoms with E-state index >= 15 is 0 Å². The van der Waals surface area contributed by atoms with Crippen molar-refractivity contribution in [1.82, 2.24) is 14.4 Å². The van der Waals surface area contributed by atoms with E-state index < -0.39 is 15.8 Å². The molecule has 0 radical (unpaired) electrons. The monoisotopic (exact) mass is 396 g/mol. The maximum Gasteiger partial charge on any atom is 0.262 e. The van der Waals surface area contributed by atoms with Gasteiger partial charge in [0.1, 0.15) is 5.82 Å². The molecule has 4 aromatic rings. The summed E-state index contributed by atoms with van der Waals surface area (Å²) in [6.07, 6.45) is 3.54. The van der Waals surface area contributed by atoms with Crippen LogP contribution in [-0.4, -0.2) is 22.8 Å². The summed E-state index contributed by atoms with van der Waals surface area (Å²) >= 11 is 0. The van der Waals surface area contributed by atoms with E-state index in [1.807, 2.05) is 29.7 Å². The van der Waals surface area contributed by atoms with Crippen LogP contribution < -0.4 is 4.72 Å². The molecule has 1 N–H and O–H groups in total. The summed E-state index contributed by atoms with van der Waals surface area (Å²) in [6.45, 7) is 3.48. The fourth-order valence-electron chi connectivity index (χ4n) is 3.13. The molecule has 28 heavy (non-hydrogen) atoms. The highest BCUT2D eigenvalue weighted by molar-refractivity contribution is 7.92. The Balaban J connectivity index is 1.71. The van der Waals surface area contributed by atoms with Crippen LogP contribution in [0.2, 0.25) is 0 Å². The molecule has 0 aliphatic carbocycles. The number of benzene rings is 2. The molecule has 8 heteroatoms. The van der Waals surface area contributed by atoms with Gasteiger partial charge in [-0.05, 0) is 55.8 Å². The number of halogens is 1. The van der Waals surface area contributed by atoms with Gasteiger partial charge in [0, 0.05) is 29.3 Å². The third kappa shape index (κ3) is 3.22. The minimum Gasteiger partial charge on any atom is -0.288 e. The van der Waals surface area contributed by atoms with Gasteiger partial charge in [-0.2, -0.15) is 0 Å². The number of imidazole rings is 1. The third-order valence-electron chi connectivity index (χ3n) is 4.46. The molecular formula is C20H17FN4O2S. The number of anilines is 1. The number of hydrogen-bond acceptors (Lipinski definition) is 4. The van der Waals surface area contributed by atoms with Gasteiger partial charge in [0.15, 0.2) is 0 Å². The zero-order valence-corrected chi connectivity index (χ0v) is 16.0. The molecular weight excluding hydrogens is 379 g/mol. The maximum absolute atomic E-state index is 13.3. The van der Waals surface area contributed by atoms with Crippen molar-refractivity contribution < 1.29 is 12.8 Å². The SMILES string of the molecule is Cc1cc(F)ccc1S(=O)(=O)Nc1cccc(-c2nc3ncccn3c2C)c1. The molecule has 0 saturated heterocycles. The smallest absolute Gasteiger partial charge is 0.262 e. The Bertz CT molecular complexity index is 1300. The number of nitrogens with zero attached hydrogens (tertiary/aromatic N) is 3. The van der Waals surface area contributed by atoms with Crippen molar-refractivity contribution in [1.29, 1.82) is 0 Å². The van der Waals surface area contributed by atoms with Gasteiger partial charge in [-0.25, -0.2) is 22.8 Å². The van der Waals surface area contributed by atoms with Gasteiger partial charge in [0.2, 0.25) is 5.78 Å². The van der Waals surface area contributed by atoms with Crippen LogP contribution in [0.25, 0.3) is 17.0 Å². The summed E-state index contributed by atoms with van der Waals surface area (Å²) in [5.41, 5.74) is 3.12. The van der Waals surface area contributed by atoms with E-state index in [1.54, 1.807) is 31.3 Å². The predicted molar refractivity (Wildman–Crippen MR) is 105 cm³/mol. The number of aryl methyl sites for hydroxylation is 2. The lowest BCUT2D eigenvalue weighted by Gasteiger charge is -2.11. The summed E-state index contributed by atoms with van der Waals surface area (Å²) in [6, 6.07) is 12.4. The second-order valence-electron chi connectivity index (χ2n) is 6.43. The Morgan fingerprint density at radius 1 is 1.07 bits per heavy atom. The van der Waals surface area contributed by atoms with Crippen molar-refractivity contribution in [2.75, 3.05) is 4.72 Å². The average molecular weight is 396 g/mol. The number of fused-ring (bicyclic) bond motifs is 1. The molecule has 0 aliphatic heterocycles. The molecule has 2 heterocycles. The lowest BCUT2D eigenvalue weighted by Crippen LogP contribution is -2.14. The average Bonchev–Trinajstić information content (AvgIpc) is 2.98. The largest absolute Gasteiger partial charge is 0.288 e. The molecule has 0 fully saturated rings. The lowest BCUT2D eigenvalue weighted by molar-refractivity contribution is 0.598. The normalized spacial score (nSPS) is 11.7. The zero-order chi connectivity index (χ0) is 19.9. The Labute approximate surface area is 161 Å². The van der Waals surface area contributed by atoms with Gasteiger partial charge >= 0.3 is 0 Å². The van der Waals surface area contributed by atoms with Gasteiger partial charge in [0.05, 0.1) is 10.6 Å². The molecule has 0 atom stereocenters. The zero-order valence-electron chi connectivity index (χ0n) is 15.2. The highest BCUT2D eigenvalue weighted by Gasteiger charge is 2.18. The highest BCUT2D eigenvalue weighted by Crippen LogP contribution is 2.27. The first-order chi connectivity index (χ1) is 13.3. The molecule has 0 bridgehead atoms. The number of nitrogens with one attached hydrogen (secondary N) is 1. The van der Waals surface area contributed by atoms with Crippen LogP contribution >= 0.6 is 0 Å². The topological polar surface area (TPSA) is 76.4 Å². The fourth-order valence-corrected chi connectivity index (χ4v) is 4.41. The second kappa shape index (κ2) is 6.72. The molecule has 0 amide bonds. The minimum atomic E-state index is -3.85. The van der Waals surface area contributed by atoms with Crippen LogP contribution in [0, 0.1) is 19.7 Å². The Hall–Kier alpha value is -3.26. The Kier molecular flexibility index (Phi) is 4.35. The van der Waals surface area contributed by atoms with Gasteiger partial charge in [-0.3, -0.25) is 9.12 Å². The maximum atomic E-state index is 13.3. The lowest BCUT2D eigenvalue weighted by atomic mass is 10.1. The number of aromatic nitrogens is 3. The standard InChI is InChI=1S/C20H17FN4O2S/c1-13-11-16(21)7-8-18(13)28(26,27)24-17-6-3-5-15(12-17)19-14(2)25-10-4-9-22-20(25)23-19/h3-12,24H,1-2H3. The predicted octanol–water partition coefficient (Wildman–Crippen LogP) is 3.95. The van der Waals surface area contributed by atoms with E-state index in [9.17, 15) is 12.8 Å². The van der Waals surface area contributed by atoms with E-state index in [-0.39, 0.29) is 4.90 Å². The molecule has 142 valence electrons. The van der Waals surface area contributed by atoms with Crippen molar-refractivity contribution in [2.45, 2.75) is 18.7 Å². The van der Waals surface area contributed by atoms with Crippen molar-refractivity contribution in [3.63, 3.8) is 0 Å². The number of rotatable bonds is 4. The van der Waals surface area contributed by atoms with Crippen LogP contribution in [0.4, 0.5) is 10.1 Å². The van der Waals surface area contributed by atoms with E-state index in [1.165, 1.54) is 12.1 Å². The molecule has 2 aromatic carbocycles. The summed E-state index contributed by atoms with van der Waals surface area (Å²) in [5.74, 6) is 0.0947. The quantitative estimate of drug-likeness (QED) is 0.567. The van der Waals surface area contributed by atoms with Crippen molar-refractivity contribution in [3.8, 4) is 11.3 Å². The summed E-state index contributed by atoms with van der Waals surface area (Å²) in [4.78, 5) is 8.81. The minimum absolute atomic E-state index is 0.0346. The fraction of sp³-hybridized carbons (Fsp3) is 0.100. The third-order valence-corrected chi connectivity index (χ3v) is 6.00. The summed E-state index contributed by atoms with van der Waals surface area (Å²) in [5, 5.41) is 0. The first-order valence-electron chi connectivity index (χ1n) is 8.54. The van der Waals surface area contributed by atoms with Crippen LogP contribution in [-0.2, 0) is 10.0 Å². The molecule has 0 spiro atoms. The van der Waals surface area contributed by atoms with Crippen molar-refractivity contribution in [3.05, 3.63) is 78.0 Å². The Morgan fingerprint density at radius 3 is 2.64 bits per heavy atom. The molecule has 0 saturated carbocycles. The molecule has 0 unspecified atom stereocenters.